The molecule has 0 bridgehead atoms. The number of benzene rings is 1. The van der Waals surface area contributed by atoms with E-state index in [1.54, 1.807) is 0 Å². The van der Waals surface area contributed by atoms with Gasteiger partial charge in [0.25, 0.3) is 5.91 Å². The molecule has 0 spiro atoms. The van der Waals surface area contributed by atoms with E-state index in [2.05, 4.69) is 10.6 Å². The summed E-state index contributed by atoms with van der Waals surface area (Å²) in [6.07, 6.45) is 2.07. The highest BCUT2D eigenvalue weighted by Gasteiger charge is 2.20. The van der Waals surface area contributed by atoms with Gasteiger partial charge in [0.2, 0.25) is 5.91 Å². The summed E-state index contributed by atoms with van der Waals surface area (Å²) in [6.45, 7) is 0.244. The second kappa shape index (κ2) is 6.41. The summed E-state index contributed by atoms with van der Waals surface area (Å²) >= 11 is 11.4. The molecule has 1 fully saturated rings. The number of hydrogen-bond acceptors (Lipinski definition) is 2. The number of amides is 2. The zero-order valence-corrected chi connectivity index (χ0v) is 12.0. The summed E-state index contributed by atoms with van der Waals surface area (Å²) in [5, 5.41) is 5.32. The summed E-state index contributed by atoms with van der Waals surface area (Å²) in [5.41, 5.74) is -0.204. The van der Waals surface area contributed by atoms with Gasteiger partial charge in [-0.05, 0) is 25.0 Å². The first-order valence-electron chi connectivity index (χ1n) is 6.19. The highest BCUT2D eigenvalue weighted by Crippen LogP contribution is 2.23. The molecule has 2 rings (SSSR count). The zero-order valence-electron chi connectivity index (χ0n) is 10.5. The largest absolute Gasteiger partial charge is 0.352 e. The van der Waals surface area contributed by atoms with Gasteiger partial charge in [0.05, 0.1) is 10.6 Å². The Bertz CT molecular complexity index is 551. The molecule has 1 aromatic rings. The van der Waals surface area contributed by atoms with Crippen molar-refractivity contribution >= 4 is 35.0 Å². The highest BCUT2D eigenvalue weighted by molar-refractivity contribution is 6.35. The minimum atomic E-state index is -0.804. The third kappa shape index (κ3) is 3.61. The third-order valence-electron chi connectivity index (χ3n) is 3.07. The molecule has 1 heterocycles. The fourth-order valence-electron chi connectivity index (χ4n) is 2.07. The van der Waals surface area contributed by atoms with Crippen molar-refractivity contribution in [3.63, 3.8) is 0 Å². The Balaban J connectivity index is 2.00. The van der Waals surface area contributed by atoms with E-state index in [9.17, 15) is 14.0 Å². The van der Waals surface area contributed by atoms with Gasteiger partial charge >= 0.3 is 0 Å². The lowest BCUT2D eigenvalue weighted by atomic mass is 10.0. The highest BCUT2D eigenvalue weighted by atomic mass is 35.5. The van der Waals surface area contributed by atoms with Gasteiger partial charge in [0.15, 0.2) is 5.82 Å². The van der Waals surface area contributed by atoms with Crippen LogP contribution in [-0.2, 0) is 4.79 Å². The molecule has 1 atom stereocenters. The van der Waals surface area contributed by atoms with Crippen LogP contribution < -0.4 is 10.6 Å². The van der Waals surface area contributed by atoms with E-state index in [0.29, 0.717) is 6.42 Å². The molecule has 4 nitrogen and oxygen atoms in total. The SMILES string of the molecule is O=C1CCC[C@H](CNC(=O)c2cc(Cl)cc(Cl)c2F)N1. The van der Waals surface area contributed by atoms with Crippen molar-refractivity contribution in [2.45, 2.75) is 25.3 Å². The fraction of sp³-hybridized carbons (Fsp3) is 0.385. The van der Waals surface area contributed by atoms with Crippen molar-refractivity contribution in [3.05, 3.63) is 33.6 Å². The smallest absolute Gasteiger partial charge is 0.254 e. The molecule has 0 unspecified atom stereocenters. The predicted molar refractivity (Wildman–Crippen MR) is 74.5 cm³/mol. The number of carbonyl (C=O) groups excluding carboxylic acids is 2. The van der Waals surface area contributed by atoms with E-state index >= 15 is 0 Å². The average Bonchev–Trinajstić information content (AvgIpc) is 2.40. The molecule has 1 aliphatic heterocycles. The van der Waals surface area contributed by atoms with Crippen LogP contribution in [0.25, 0.3) is 0 Å². The maximum atomic E-state index is 13.7. The monoisotopic (exact) mass is 318 g/mol. The van der Waals surface area contributed by atoms with Gasteiger partial charge in [-0.3, -0.25) is 9.59 Å². The van der Waals surface area contributed by atoms with Crippen molar-refractivity contribution in [2.24, 2.45) is 0 Å². The maximum Gasteiger partial charge on any atom is 0.254 e. The molecule has 0 radical (unpaired) electrons. The third-order valence-corrected chi connectivity index (χ3v) is 3.56. The lowest BCUT2D eigenvalue weighted by Gasteiger charge is -2.23. The van der Waals surface area contributed by atoms with Crippen LogP contribution >= 0.6 is 23.2 Å². The van der Waals surface area contributed by atoms with Crippen LogP contribution in [0.2, 0.25) is 10.0 Å². The van der Waals surface area contributed by atoms with Crippen LogP contribution in [0.15, 0.2) is 12.1 Å². The van der Waals surface area contributed by atoms with Gasteiger partial charge in [0.1, 0.15) is 0 Å². The Morgan fingerprint density at radius 2 is 2.20 bits per heavy atom. The first-order valence-corrected chi connectivity index (χ1v) is 6.95. The van der Waals surface area contributed by atoms with Crippen molar-refractivity contribution in [1.82, 2.24) is 10.6 Å². The quantitative estimate of drug-likeness (QED) is 0.841. The van der Waals surface area contributed by atoms with Gasteiger partial charge < -0.3 is 10.6 Å². The Kier molecular flexibility index (Phi) is 4.83. The number of piperidine rings is 1. The molecule has 0 saturated carbocycles. The summed E-state index contributed by atoms with van der Waals surface area (Å²) in [5.74, 6) is -1.44. The summed E-state index contributed by atoms with van der Waals surface area (Å²) in [4.78, 5) is 23.1. The van der Waals surface area contributed by atoms with Crippen molar-refractivity contribution in [2.75, 3.05) is 6.54 Å². The van der Waals surface area contributed by atoms with E-state index in [1.807, 2.05) is 0 Å². The van der Waals surface area contributed by atoms with Gasteiger partial charge in [-0.1, -0.05) is 23.2 Å². The Morgan fingerprint density at radius 3 is 2.90 bits per heavy atom. The van der Waals surface area contributed by atoms with E-state index < -0.39 is 11.7 Å². The van der Waals surface area contributed by atoms with E-state index in [-0.39, 0.29) is 34.1 Å². The molecular weight excluding hydrogens is 306 g/mol. The molecule has 108 valence electrons. The molecule has 0 aromatic heterocycles. The van der Waals surface area contributed by atoms with Crippen LogP contribution in [-0.4, -0.2) is 24.4 Å². The molecule has 1 aliphatic rings. The summed E-state index contributed by atoms with van der Waals surface area (Å²) < 4.78 is 13.7. The first kappa shape index (κ1) is 15.1. The molecule has 2 N–H and O–H groups in total. The summed E-state index contributed by atoms with van der Waals surface area (Å²) in [6, 6.07) is 2.33. The minimum absolute atomic E-state index is 0.0347. The van der Waals surface area contributed by atoms with Gasteiger partial charge in [-0.2, -0.15) is 0 Å². The molecule has 0 aliphatic carbocycles. The topological polar surface area (TPSA) is 58.2 Å². The van der Waals surface area contributed by atoms with Crippen molar-refractivity contribution < 1.29 is 14.0 Å². The van der Waals surface area contributed by atoms with Gasteiger partial charge in [-0.15, -0.1) is 0 Å². The van der Waals surface area contributed by atoms with Crippen LogP contribution in [0.3, 0.4) is 0 Å². The van der Waals surface area contributed by atoms with Crippen molar-refractivity contribution in [1.29, 1.82) is 0 Å². The standard InChI is InChI=1S/C13H13Cl2FN2O2/c14-7-4-9(12(16)10(15)5-7)13(20)17-6-8-2-1-3-11(19)18-8/h4-5,8H,1-3,6H2,(H,17,20)(H,18,19)/t8-/m1/s1. The van der Waals surface area contributed by atoms with Crippen LogP contribution in [0.1, 0.15) is 29.6 Å². The molecule has 1 aromatic carbocycles. The molecule has 20 heavy (non-hydrogen) atoms. The molecular formula is C13H13Cl2FN2O2. The Labute approximate surface area is 125 Å². The second-order valence-electron chi connectivity index (χ2n) is 4.62. The number of hydrogen-bond donors (Lipinski definition) is 2. The first-order chi connectivity index (χ1) is 9.47. The van der Waals surface area contributed by atoms with E-state index in [0.717, 1.165) is 12.8 Å². The second-order valence-corrected chi connectivity index (χ2v) is 5.46. The number of nitrogens with one attached hydrogen (secondary N) is 2. The number of rotatable bonds is 3. The normalized spacial score (nSPS) is 18.6. The van der Waals surface area contributed by atoms with Crippen LogP contribution in [0, 0.1) is 5.82 Å². The zero-order chi connectivity index (χ0) is 14.7. The van der Waals surface area contributed by atoms with Crippen LogP contribution in [0.4, 0.5) is 4.39 Å². The summed E-state index contributed by atoms with van der Waals surface area (Å²) in [7, 11) is 0. The minimum Gasteiger partial charge on any atom is -0.352 e. The lowest BCUT2D eigenvalue weighted by Crippen LogP contribution is -2.46. The van der Waals surface area contributed by atoms with Gasteiger partial charge in [-0.25, -0.2) is 4.39 Å². The molecule has 2 amide bonds. The maximum absolute atomic E-state index is 13.7. The average molecular weight is 319 g/mol. The number of halogens is 3. The lowest BCUT2D eigenvalue weighted by molar-refractivity contribution is -0.123. The van der Waals surface area contributed by atoms with Crippen molar-refractivity contribution in [3.8, 4) is 0 Å². The van der Waals surface area contributed by atoms with E-state index in [4.69, 9.17) is 23.2 Å². The number of carbonyl (C=O) groups is 2. The van der Waals surface area contributed by atoms with E-state index in [1.165, 1.54) is 12.1 Å². The molecule has 1 saturated heterocycles. The Morgan fingerprint density at radius 1 is 1.45 bits per heavy atom. The van der Waals surface area contributed by atoms with Crippen LogP contribution in [0.5, 0.6) is 0 Å². The van der Waals surface area contributed by atoms with Gasteiger partial charge in [0, 0.05) is 24.0 Å². The molecule has 7 heteroatoms. The fourth-order valence-corrected chi connectivity index (χ4v) is 2.56. The Hall–Kier alpha value is -1.33. The predicted octanol–water partition coefficient (Wildman–Crippen LogP) is 2.53.